The van der Waals surface area contributed by atoms with Gasteiger partial charge in [0.2, 0.25) is 5.91 Å². The summed E-state index contributed by atoms with van der Waals surface area (Å²) in [5.41, 5.74) is 2.01. The minimum atomic E-state index is -0.409. The van der Waals surface area contributed by atoms with Crippen LogP contribution in [0.25, 0.3) is 0 Å². The molecule has 0 spiro atoms. The maximum absolute atomic E-state index is 10.9. The fourth-order valence-electron chi connectivity index (χ4n) is 0.990. The van der Waals surface area contributed by atoms with Gasteiger partial charge in [0.05, 0.1) is 4.11 Å². The Balaban J connectivity index is 2.77. The number of nitrogens with zero attached hydrogens (tertiary/aromatic N) is 1. The lowest BCUT2D eigenvalue weighted by atomic mass is 10.2. The molecular weight excluding hydrogens is 178 g/mol. The average molecular weight is 199 g/mol. The molecule has 1 aromatic heterocycles. The van der Waals surface area contributed by atoms with Gasteiger partial charge in [0, 0.05) is 24.9 Å². The van der Waals surface area contributed by atoms with Crippen LogP contribution in [0.5, 0.6) is 0 Å². The second-order valence-electron chi connectivity index (χ2n) is 2.77. The van der Waals surface area contributed by atoms with Gasteiger partial charge in [-0.3, -0.25) is 10.2 Å². The molecule has 4 nitrogen and oxygen atoms in total. The van der Waals surface area contributed by atoms with E-state index in [9.17, 15) is 4.79 Å². The zero-order chi connectivity index (χ0) is 14.6. The Morgan fingerprint density at radius 1 is 1.36 bits per heavy atom. The Bertz CT molecular complexity index is 466. The monoisotopic (exact) mass is 199 g/mol. The number of nitrogens with one attached hydrogen (secondary N) is 1. The first kappa shape index (κ1) is 5.46. The number of hydrogen-bond donors (Lipinski definition) is 2. The molecule has 1 heterocycles. The molecule has 1 rings (SSSR count). The highest BCUT2D eigenvalue weighted by Gasteiger charge is 2.00. The van der Waals surface area contributed by atoms with Crippen molar-refractivity contribution in [3.05, 3.63) is 30.5 Å². The molecule has 0 aliphatic heterocycles. The number of aromatic nitrogens is 1. The van der Waals surface area contributed by atoms with E-state index in [2.05, 4.69) is 0 Å². The van der Waals surface area contributed by atoms with E-state index < -0.39 is 6.04 Å². The zero-order valence-corrected chi connectivity index (χ0v) is 7.76. The molecule has 0 atom stereocenters. The van der Waals surface area contributed by atoms with Crippen LogP contribution in [0.1, 0.15) is 26.1 Å². The Hall–Kier alpha value is -1.42. The van der Waals surface area contributed by atoms with E-state index >= 15 is 0 Å². The van der Waals surface area contributed by atoms with E-state index in [1.807, 2.05) is 5.43 Å². The Kier molecular flexibility index (Phi) is 2.38. The van der Waals surface area contributed by atoms with Crippen molar-refractivity contribution in [2.45, 2.75) is 25.8 Å². The second kappa shape index (κ2) is 6.10. The highest BCUT2D eigenvalue weighted by atomic mass is 16.2. The van der Waals surface area contributed by atoms with Crippen LogP contribution in [0.4, 0.5) is 0 Å². The molecule has 0 aromatic carbocycles. The molecule has 0 unspecified atom stereocenters. The van der Waals surface area contributed by atoms with Gasteiger partial charge >= 0.3 is 0 Å². The first-order valence-corrected chi connectivity index (χ1v) is 4.36. The lowest BCUT2D eigenvalue weighted by molar-refractivity contribution is -0.697. The number of carbonyl (C=O) groups excluding carboxylic acids is 1. The molecule has 0 saturated heterocycles. The van der Waals surface area contributed by atoms with Gasteiger partial charge in [-0.15, -0.1) is 0 Å². The van der Waals surface area contributed by atoms with Crippen LogP contribution < -0.4 is 15.8 Å². The average Bonchev–Trinajstić information content (AvgIpc) is 2.41. The van der Waals surface area contributed by atoms with Crippen LogP contribution in [-0.4, -0.2) is 5.91 Å². The van der Waals surface area contributed by atoms with E-state index in [0.29, 0.717) is 12.8 Å². The van der Waals surface area contributed by atoms with Crippen molar-refractivity contribution < 1.29 is 16.2 Å². The summed E-state index contributed by atoms with van der Waals surface area (Å²) in [7, 11) is 0. The molecule has 0 fully saturated rings. The van der Waals surface area contributed by atoms with E-state index in [1.54, 1.807) is 0 Å². The summed E-state index contributed by atoms with van der Waals surface area (Å²) in [6, 6.07) is -1.13. The van der Waals surface area contributed by atoms with Crippen molar-refractivity contribution >= 4 is 5.91 Å². The summed E-state index contributed by atoms with van der Waals surface area (Å²) < 4.78 is 39.0. The first-order valence-electron chi connectivity index (χ1n) is 6.86. The number of hydrazine groups is 1. The molecule has 76 valence electrons. The molecular formula is C10H16N3O+. The standard InChI is InChI=1S/C10H15N3O/c11-12-10(14)6-2-5-9-13-7-3-1-4-8-13/h1,3-4,7-8H,2,5-6,9,11H2/p+1/i1D,3D,4D,7D,8D. The third kappa shape index (κ3) is 4.00. The van der Waals surface area contributed by atoms with Crippen molar-refractivity contribution in [3.8, 4) is 0 Å². The quantitative estimate of drug-likeness (QED) is 0.233. The summed E-state index contributed by atoms with van der Waals surface area (Å²) in [5, 5.41) is 0. The Labute approximate surface area is 90.7 Å². The second-order valence-corrected chi connectivity index (χ2v) is 2.77. The van der Waals surface area contributed by atoms with E-state index in [-0.39, 0.29) is 43.3 Å². The summed E-state index contributed by atoms with van der Waals surface area (Å²) >= 11 is 0. The number of hydrogen-bond acceptors (Lipinski definition) is 2. The van der Waals surface area contributed by atoms with E-state index in [1.165, 1.54) is 4.57 Å². The molecule has 4 heteroatoms. The van der Waals surface area contributed by atoms with Crippen LogP contribution in [0.2, 0.25) is 0 Å². The van der Waals surface area contributed by atoms with Crippen LogP contribution in [0, 0.1) is 0 Å². The number of pyridine rings is 1. The SMILES string of the molecule is [2H]c1c([2H])c([2H])[n+](CCCCC(=O)NN)c([2H])c1[2H]. The molecule has 0 aliphatic rings. The Morgan fingerprint density at radius 2 is 2.07 bits per heavy atom. The topological polar surface area (TPSA) is 59.0 Å². The molecule has 3 N–H and O–H groups in total. The van der Waals surface area contributed by atoms with Crippen molar-refractivity contribution in [3.63, 3.8) is 0 Å². The summed E-state index contributed by atoms with van der Waals surface area (Å²) in [6.07, 6.45) is 0.781. The van der Waals surface area contributed by atoms with Crippen molar-refractivity contribution in [1.29, 1.82) is 0 Å². The highest BCUT2D eigenvalue weighted by Crippen LogP contribution is 1.94. The van der Waals surface area contributed by atoms with Gasteiger partial charge in [0.1, 0.15) is 9.29 Å². The molecule has 0 bridgehead atoms. The number of unbranched alkanes of at least 4 members (excludes halogenated alkanes) is 1. The third-order valence-corrected chi connectivity index (χ3v) is 1.70. The lowest BCUT2D eigenvalue weighted by Crippen LogP contribution is -2.33. The van der Waals surface area contributed by atoms with Crippen molar-refractivity contribution in [2.24, 2.45) is 5.84 Å². The summed E-state index contributed by atoms with van der Waals surface area (Å²) in [6.45, 7) is 0.257. The summed E-state index contributed by atoms with van der Waals surface area (Å²) in [4.78, 5) is 10.9. The molecule has 14 heavy (non-hydrogen) atoms. The largest absolute Gasteiger partial charge is 0.294 e. The molecule has 0 radical (unpaired) electrons. The van der Waals surface area contributed by atoms with Gasteiger partial charge in [-0.1, -0.05) is 6.04 Å². The van der Waals surface area contributed by atoms with Gasteiger partial charge < -0.3 is 0 Å². The van der Waals surface area contributed by atoms with Crippen LogP contribution >= 0.6 is 0 Å². The fraction of sp³-hybridized carbons (Fsp3) is 0.400. The third-order valence-electron chi connectivity index (χ3n) is 1.70. The number of rotatable bonds is 5. The van der Waals surface area contributed by atoms with Gasteiger partial charge in [-0.05, 0) is 6.42 Å². The number of nitrogens with two attached hydrogens (primary N) is 1. The van der Waals surface area contributed by atoms with Gasteiger partial charge in [0.15, 0.2) is 12.3 Å². The molecule has 0 aliphatic carbocycles. The maximum atomic E-state index is 10.9. The molecule has 0 saturated carbocycles. The predicted molar refractivity (Wildman–Crippen MR) is 52.8 cm³/mol. The maximum Gasteiger partial charge on any atom is 0.233 e. The fourth-order valence-corrected chi connectivity index (χ4v) is 0.990. The molecule has 1 amide bonds. The normalized spacial score (nSPS) is 14.8. The highest BCUT2D eigenvalue weighted by molar-refractivity contribution is 5.74. The Morgan fingerprint density at radius 3 is 2.71 bits per heavy atom. The minimum Gasteiger partial charge on any atom is -0.294 e. The first-order chi connectivity index (χ1) is 8.90. The van der Waals surface area contributed by atoms with E-state index in [4.69, 9.17) is 12.7 Å². The smallest absolute Gasteiger partial charge is 0.233 e. The van der Waals surface area contributed by atoms with Gasteiger partial charge in [0.25, 0.3) is 0 Å². The number of carbonyl (C=O) groups is 1. The van der Waals surface area contributed by atoms with E-state index in [0.717, 1.165) is 0 Å². The van der Waals surface area contributed by atoms with Gasteiger partial charge in [-0.25, -0.2) is 10.4 Å². The predicted octanol–water partition coefficient (Wildman–Crippen LogP) is 0.134. The summed E-state index contributed by atoms with van der Waals surface area (Å²) in [5.74, 6) is 4.65. The minimum absolute atomic E-state index is 0.246. The van der Waals surface area contributed by atoms with Crippen LogP contribution in [0.3, 0.4) is 0 Å². The zero-order valence-electron chi connectivity index (χ0n) is 12.8. The van der Waals surface area contributed by atoms with Crippen LogP contribution in [-0.2, 0) is 11.3 Å². The van der Waals surface area contributed by atoms with Crippen molar-refractivity contribution in [1.82, 2.24) is 5.43 Å². The van der Waals surface area contributed by atoms with Crippen LogP contribution in [0.15, 0.2) is 30.5 Å². The van der Waals surface area contributed by atoms with Crippen molar-refractivity contribution in [2.75, 3.05) is 0 Å². The van der Waals surface area contributed by atoms with Gasteiger partial charge in [-0.2, -0.15) is 0 Å². The number of amides is 1. The lowest BCUT2D eigenvalue weighted by Gasteiger charge is -1.98. The molecule has 1 aromatic rings.